The van der Waals surface area contributed by atoms with Crippen molar-refractivity contribution < 1.29 is 45.8 Å². The number of Topliss-reactive ketones (excluding diaryl/α,β-unsaturated/α-hetero) is 2. The van der Waals surface area contributed by atoms with E-state index in [2.05, 4.69) is 10.6 Å². The summed E-state index contributed by atoms with van der Waals surface area (Å²) in [5.74, 6) is -5.58. The fourth-order valence-electron chi connectivity index (χ4n) is 10.9. The summed E-state index contributed by atoms with van der Waals surface area (Å²) in [5, 5.41) is 19.4. The molecule has 0 spiro atoms. The van der Waals surface area contributed by atoms with Crippen molar-refractivity contribution in [3.8, 4) is 0 Å². The average Bonchev–Trinajstić information content (AvgIpc) is 3.25. The van der Waals surface area contributed by atoms with Crippen LogP contribution in [0.1, 0.15) is 105 Å². The monoisotopic (exact) mass is 840 g/mol. The molecule has 2 aliphatic heterocycles. The first kappa shape index (κ1) is 42.1. The number of nitrogens with one attached hydrogen (secondary N) is 2. The molecule has 2 aliphatic carbocycles. The highest BCUT2D eigenvalue weighted by Crippen LogP contribution is 2.60. The molecule has 2 atom stereocenters. The molecule has 0 amide bonds. The van der Waals surface area contributed by atoms with E-state index in [4.69, 9.17) is 0 Å². The van der Waals surface area contributed by atoms with Crippen molar-refractivity contribution in [2.24, 2.45) is 5.41 Å². The Morgan fingerprint density at radius 3 is 1.36 bits per heavy atom. The fraction of sp³-hybridized carbons (Fsp3) is 0.367. The van der Waals surface area contributed by atoms with Gasteiger partial charge in [-0.2, -0.15) is 26.3 Å². The molecule has 4 aromatic rings. The van der Waals surface area contributed by atoms with Gasteiger partial charge in [-0.05, 0) is 137 Å². The summed E-state index contributed by atoms with van der Waals surface area (Å²) < 4.78 is 91.6. The molecule has 2 heterocycles. The van der Waals surface area contributed by atoms with Gasteiger partial charge in [-0.15, -0.1) is 0 Å². The van der Waals surface area contributed by atoms with Crippen LogP contribution in [0.2, 0.25) is 0 Å². The number of carbonyl (C=O) groups is 3. The van der Waals surface area contributed by atoms with Crippen molar-refractivity contribution in [1.82, 2.24) is 10.6 Å². The highest BCUT2D eigenvalue weighted by atomic mass is 19.4. The molecule has 8 rings (SSSR count). The highest BCUT2D eigenvalue weighted by molar-refractivity contribution is 6.41. The van der Waals surface area contributed by atoms with E-state index < -0.39 is 57.5 Å². The van der Waals surface area contributed by atoms with Gasteiger partial charge >= 0.3 is 18.3 Å². The summed E-state index contributed by atoms with van der Waals surface area (Å²) in [4.78, 5) is 44.4. The molecule has 0 aromatic heterocycles. The van der Waals surface area contributed by atoms with E-state index >= 15 is 35.9 Å². The van der Waals surface area contributed by atoms with Crippen LogP contribution < -0.4 is 10.6 Å². The van der Waals surface area contributed by atoms with Crippen molar-refractivity contribution in [3.63, 3.8) is 0 Å². The Kier molecular flexibility index (Phi) is 10.8. The van der Waals surface area contributed by atoms with Gasteiger partial charge in [0.25, 0.3) is 5.78 Å². The number of carboxylic acid groups (broad SMARTS) is 1. The van der Waals surface area contributed by atoms with Crippen LogP contribution in [0, 0.1) is 5.41 Å². The third-order valence-electron chi connectivity index (χ3n) is 13.6. The Bertz CT molecular complexity index is 2390. The highest BCUT2D eigenvalue weighted by Gasteiger charge is 2.73. The molecule has 4 aromatic carbocycles. The van der Waals surface area contributed by atoms with Gasteiger partial charge < -0.3 is 15.7 Å². The predicted octanol–water partition coefficient (Wildman–Crippen LogP) is 11.6. The molecule has 2 saturated carbocycles. The summed E-state index contributed by atoms with van der Waals surface area (Å²) in [6.45, 7) is 0.874. The topological polar surface area (TPSA) is 95.5 Å². The third-order valence-corrected chi connectivity index (χ3v) is 13.6. The van der Waals surface area contributed by atoms with Gasteiger partial charge in [0.2, 0.25) is 0 Å². The number of benzene rings is 4. The van der Waals surface area contributed by atoms with Gasteiger partial charge in [0, 0.05) is 0 Å². The third kappa shape index (κ3) is 6.95. The molecule has 4 aliphatic rings. The van der Waals surface area contributed by atoms with Crippen LogP contribution in [-0.4, -0.2) is 35.0 Å². The van der Waals surface area contributed by atoms with Crippen LogP contribution in [0.3, 0.4) is 0 Å². The number of allylic oxidation sites excluding steroid dienone is 4. The van der Waals surface area contributed by atoms with E-state index in [1.54, 1.807) is 36.4 Å². The van der Waals surface area contributed by atoms with Crippen LogP contribution in [0.25, 0.3) is 21.5 Å². The molecule has 0 saturated heterocycles. The maximum atomic E-state index is 15.4. The molecule has 0 bridgehead atoms. The average molecular weight is 841 g/mol. The van der Waals surface area contributed by atoms with Crippen molar-refractivity contribution >= 4 is 39.1 Å². The van der Waals surface area contributed by atoms with Gasteiger partial charge in [0.15, 0.2) is 5.41 Å². The second kappa shape index (κ2) is 15.7. The minimum absolute atomic E-state index is 0.0892. The second-order valence-electron chi connectivity index (χ2n) is 16.9. The van der Waals surface area contributed by atoms with Gasteiger partial charge in [-0.1, -0.05) is 99.2 Å². The number of fused-ring (bicyclic) bond motifs is 2. The summed E-state index contributed by atoms with van der Waals surface area (Å²) in [6.07, 6.45) is 2.64. The largest absolute Gasteiger partial charge is 0.475 e. The smallest absolute Gasteiger partial charge is 0.416 e. The maximum absolute atomic E-state index is 15.4. The van der Waals surface area contributed by atoms with E-state index in [0.29, 0.717) is 46.2 Å². The van der Waals surface area contributed by atoms with Gasteiger partial charge in [-0.3, -0.25) is 9.59 Å². The van der Waals surface area contributed by atoms with E-state index in [9.17, 15) is 9.90 Å². The van der Waals surface area contributed by atoms with E-state index in [0.717, 1.165) is 94.3 Å². The normalized spacial score (nSPS) is 23.7. The van der Waals surface area contributed by atoms with Gasteiger partial charge in [0.1, 0.15) is 16.9 Å². The Balaban J connectivity index is 1.58. The molecule has 12 heteroatoms. The zero-order valence-corrected chi connectivity index (χ0v) is 33.6. The van der Waals surface area contributed by atoms with Crippen LogP contribution >= 0.6 is 0 Å². The van der Waals surface area contributed by atoms with Crippen LogP contribution in [-0.2, 0) is 25.5 Å². The lowest BCUT2D eigenvalue weighted by Crippen LogP contribution is -2.74. The number of carboxylic acids is 1. The number of hydrogen-bond donors (Lipinski definition) is 3. The number of aliphatic carboxylic acids is 1. The molecule has 61 heavy (non-hydrogen) atoms. The number of dihydropyridines is 2. The van der Waals surface area contributed by atoms with Gasteiger partial charge in [0.05, 0.1) is 11.1 Å². The number of carbonyl (C=O) groups excluding carboxylic acids is 2. The Morgan fingerprint density at radius 1 is 0.607 bits per heavy atom. The number of halogens is 6. The lowest BCUT2D eigenvalue weighted by molar-refractivity contribution is -0.165. The standard InChI is InChI=1S/C49H46F6N2O4/c1-30(58)47(43(59)44(60)61,45(28-35(20-22-56-45)48(50,51)52)37-24-33-16-8-10-18-39(33)41(26-37)31-12-4-2-5-13-31)46(29-36(21-23-57-46)49(53,54)55)38-25-34-17-9-11-19-40(34)42(27-38)32-14-6-3-7-15-32/h8-11,16-29,31-32,56-57H,2-7,12-15H2,1H3,(H,60,61). The summed E-state index contributed by atoms with van der Waals surface area (Å²) >= 11 is 0. The van der Waals surface area contributed by atoms with Crippen molar-refractivity contribution in [1.29, 1.82) is 0 Å². The van der Waals surface area contributed by atoms with Gasteiger partial charge in [-0.25, -0.2) is 4.79 Å². The second-order valence-corrected chi connectivity index (χ2v) is 16.9. The molecule has 2 unspecified atom stereocenters. The first-order chi connectivity index (χ1) is 29.0. The molecular formula is C49H46F6N2O4. The first-order valence-electron chi connectivity index (χ1n) is 20.9. The Morgan fingerprint density at radius 2 is 1.00 bits per heavy atom. The Hall–Kier alpha value is -5.65. The lowest BCUT2D eigenvalue weighted by Gasteiger charge is -2.57. The molecular weight excluding hydrogens is 795 g/mol. The molecule has 2 fully saturated rings. The minimum Gasteiger partial charge on any atom is -0.475 e. The first-order valence-corrected chi connectivity index (χ1v) is 20.9. The lowest BCUT2D eigenvalue weighted by atomic mass is 9.48. The SMILES string of the molecule is CC(=O)C(C(=O)C(=O)O)(C1(c2cc(C3CCCCC3)c3ccccc3c2)C=C(C(F)(F)F)C=CN1)C1(c2cc(C3CCCCC3)c3ccccc3c2)C=C(C(F)(F)F)C=CN1. The zero-order valence-electron chi connectivity index (χ0n) is 33.6. The number of ketones is 2. The molecule has 0 radical (unpaired) electrons. The predicted molar refractivity (Wildman–Crippen MR) is 221 cm³/mol. The van der Waals surface area contributed by atoms with Crippen molar-refractivity contribution in [3.05, 3.63) is 143 Å². The fourth-order valence-corrected chi connectivity index (χ4v) is 10.9. The van der Waals surface area contributed by atoms with Crippen LogP contribution in [0.15, 0.2) is 121 Å². The van der Waals surface area contributed by atoms with E-state index in [1.807, 2.05) is 24.3 Å². The molecule has 3 N–H and O–H groups in total. The molecule has 6 nitrogen and oxygen atoms in total. The minimum atomic E-state index is -5.11. The summed E-state index contributed by atoms with van der Waals surface area (Å²) in [7, 11) is 0. The molecule has 318 valence electrons. The van der Waals surface area contributed by atoms with E-state index in [-0.39, 0.29) is 23.0 Å². The number of alkyl halides is 6. The number of rotatable bonds is 9. The summed E-state index contributed by atoms with van der Waals surface area (Å²) in [5.41, 5.74) is -10.3. The van der Waals surface area contributed by atoms with Crippen LogP contribution in [0.5, 0.6) is 0 Å². The van der Waals surface area contributed by atoms with Crippen molar-refractivity contribution in [2.45, 2.75) is 106 Å². The number of hydrogen-bond acceptors (Lipinski definition) is 5. The quantitative estimate of drug-likeness (QED) is 0.0883. The Labute approximate surface area is 349 Å². The van der Waals surface area contributed by atoms with Crippen molar-refractivity contribution in [2.75, 3.05) is 0 Å². The van der Waals surface area contributed by atoms with Crippen LogP contribution in [0.4, 0.5) is 26.3 Å². The van der Waals surface area contributed by atoms with E-state index in [1.165, 1.54) is 12.1 Å². The zero-order chi connectivity index (χ0) is 43.4. The summed E-state index contributed by atoms with van der Waals surface area (Å²) in [6, 6.07) is 20.6. The maximum Gasteiger partial charge on any atom is 0.416 e.